The number of anilines is 1. The molecule has 0 radical (unpaired) electrons. The van der Waals surface area contributed by atoms with Gasteiger partial charge >= 0.3 is 0 Å². The number of hydrogen-bond donors (Lipinski definition) is 2. The summed E-state index contributed by atoms with van der Waals surface area (Å²) in [5, 5.41) is 11.0. The maximum Gasteiger partial charge on any atom is 0.163 e. The van der Waals surface area contributed by atoms with E-state index in [1.54, 1.807) is 12.4 Å². The highest BCUT2D eigenvalue weighted by Gasteiger charge is 2.23. The average molecular weight is 363 g/mol. The van der Waals surface area contributed by atoms with Gasteiger partial charge in [0, 0.05) is 49.1 Å². The second-order valence-corrected chi connectivity index (χ2v) is 8.03. The normalized spacial score (nSPS) is 13.6. The Hall–Kier alpha value is -2.80. The molecular weight excluding hydrogens is 338 g/mol. The van der Waals surface area contributed by atoms with E-state index in [0.717, 1.165) is 41.6 Å². The third-order valence-electron chi connectivity index (χ3n) is 4.75. The van der Waals surface area contributed by atoms with Crippen molar-refractivity contribution < 1.29 is 0 Å². The fraction of sp³-hybridized carbons (Fsp3) is 0.400. The SMILES string of the molecule is CN(Cc1cc(C(C)(C)C)n[nH]1)c1nc(-c2cccnc2)nc2c1CNC2. The zero-order chi connectivity index (χ0) is 19.0. The molecule has 4 heterocycles. The molecule has 7 nitrogen and oxygen atoms in total. The first-order valence-corrected chi connectivity index (χ1v) is 9.18. The van der Waals surface area contributed by atoms with Gasteiger partial charge in [-0.25, -0.2) is 9.97 Å². The van der Waals surface area contributed by atoms with Crippen LogP contribution in [-0.4, -0.2) is 32.2 Å². The molecule has 0 unspecified atom stereocenters. The summed E-state index contributed by atoms with van der Waals surface area (Å²) in [5.41, 5.74) is 5.32. The summed E-state index contributed by atoms with van der Waals surface area (Å²) in [6, 6.07) is 6.04. The minimum Gasteiger partial charge on any atom is -0.353 e. The number of aromatic nitrogens is 5. The van der Waals surface area contributed by atoms with Crippen molar-refractivity contribution in [2.45, 2.75) is 45.8 Å². The lowest BCUT2D eigenvalue weighted by Crippen LogP contribution is -2.21. The fourth-order valence-corrected chi connectivity index (χ4v) is 3.25. The van der Waals surface area contributed by atoms with Crippen molar-refractivity contribution in [2.75, 3.05) is 11.9 Å². The Kier molecular flexibility index (Phi) is 4.39. The average Bonchev–Trinajstić information content (AvgIpc) is 3.30. The van der Waals surface area contributed by atoms with E-state index in [1.165, 1.54) is 5.56 Å². The molecular formula is C20H25N7. The summed E-state index contributed by atoms with van der Waals surface area (Å²) in [7, 11) is 2.06. The largest absolute Gasteiger partial charge is 0.353 e. The number of H-pyrrole nitrogens is 1. The first-order valence-electron chi connectivity index (χ1n) is 9.18. The molecule has 27 heavy (non-hydrogen) atoms. The van der Waals surface area contributed by atoms with Gasteiger partial charge in [-0.3, -0.25) is 10.1 Å². The van der Waals surface area contributed by atoms with Crippen molar-refractivity contribution in [2.24, 2.45) is 0 Å². The van der Waals surface area contributed by atoms with Gasteiger partial charge < -0.3 is 10.2 Å². The second-order valence-electron chi connectivity index (χ2n) is 8.03. The Morgan fingerprint density at radius 3 is 2.74 bits per heavy atom. The quantitative estimate of drug-likeness (QED) is 0.742. The summed E-state index contributed by atoms with van der Waals surface area (Å²) in [4.78, 5) is 16.0. The monoisotopic (exact) mass is 363 g/mol. The lowest BCUT2D eigenvalue weighted by Gasteiger charge is -2.21. The second kappa shape index (κ2) is 6.74. The molecule has 0 saturated carbocycles. The Bertz CT molecular complexity index is 941. The maximum atomic E-state index is 4.87. The molecule has 0 aliphatic carbocycles. The van der Waals surface area contributed by atoms with Gasteiger partial charge in [-0.1, -0.05) is 20.8 Å². The molecule has 0 amide bonds. The molecule has 4 rings (SSSR count). The Balaban J connectivity index is 1.66. The number of nitrogens with one attached hydrogen (secondary N) is 2. The Morgan fingerprint density at radius 2 is 2.04 bits per heavy atom. The number of rotatable bonds is 4. The van der Waals surface area contributed by atoms with Gasteiger partial charge in [-0.15, -0.1) is 0 Å². The van der Waals surface area contributed by atoms with Gasteiger partial charge in [-0.05, 0) is 18.2 Å². The number of aromatic amines is 1. The first kappa shape index (κ1) is 17.6. The van der Waals surface area contributed by atoms with Crippen LogP contribution in [0.2, 0.25) is 0 Å². The van der Waals surface area contributed by atoms with Crippen LogP contribution in [0.4, 0.5) is 5.82 Å². The molecule has 3 aromatic rings. The smallest absolute Gasteiger partial charge is 0.163 e. The van der Waals surface area contributed by atoms with Gasteiger partial charge in [-0.2, -0.15) is 5.10 Å². The van der Waals surface area contributed by atoms with Gasteiger partial charge in [0.25, 0.3) is 0 Å². The van der Waals surface area contributed by atoms with Crippen LogP contribution in [0.5, 0.6) is 0 Å². The molecule has 140 valence electrons. The topological polar surface area (TPSA) is 82.6 Å². The fourth-order valence-electron chi connectivity index (χ4n) is 3.25. The molecule has 1 aliphatic heterocycles. The molecule has 0 fully saturated rings. The van der Waals surface area contributed by atoms with E-state index in [0.29, 0.717) is 12.4 Å². The van der Waals surface area contributed by atoms with E-state index in [2.05, 4.69) is 59.3 Å². The van der Waals surface area contributed by atoms with Crippen LogP contribution < -0.4 is 10.2 Å². The van der Waals surface area contributed by atoms with E-state index in [9.17, 15) is 0 Å². The molecule has 7 heteroatoms. The lowest BCUT2D eigenvalue weighted by molar-refractivity contribution is 0.567. The standard InChI is InChI=1S/C20H25N7/c1-20(2,3)17-8-14(25-26-17)12-27(4)19-15-10-22-11-16(15)23-18(24-19)13-6-5-7-21-9-13/h5-9,22H,10-12H2,1-4H3,(H,25,26). The van der Waals surface area contributed by atoms with Crippen molar-refractivity contribution in [3.63, 3.8) is 0 Å². The van der Waals surface area contributed by atoms with E-state index in [4.69, 9.17) is 9.97 Å². The first-order chi connectivity index (χ1) is 12.9. The lowest BCUT2D eigenvalue weighted by atomic mass is 9.92. The summed E-state index contributed by atoms with van der Waals surface area (Å²) < 4.78 is 0. The third-order valence-corrected chi connectivity index (χ3v) is 4.75. The van der Waals surface area contributed by atoms with Crippen molar-refractivity contribution in [3.8, 4) is 11.4 Å². The highest BCUT2D eigenvalue weighted by molar-refractivity contribution is 5.60. The number of fused-ring (bicyclic) bond motifs is 1. The summed E-state index contributed by atoms with van der Waals surface area (Å²) in [5.74, 6) is 1.67. The minimum atomic E-state index is 0.0287. The van der Waals surface area contributed by atoms with Crippen LogP contribution in [0.15, 0.2) is 30.6 Å². The highest BCUT2D eigenvalue weighted by Crippen LogP contribution is 2.28. The maximum absolute atomic E-state index is 4.87. The zero-order valence-corrected chi connectivity index (χ0v) is 16.2. The van der Waals surface area contributed by atoms with E-state index in [-0.39, 0.29) is 5.41 Å². The molecule has 0 atom stereocenters. The van der Waals surface area contributed by atoms with Crippen LogP contribution in [-0.2, 0) is 25.0 Å². The van der Waals surface area contributed by atoms with E-state index >= 15 is 0 Å². The summed E-state index contributed by atoms with van der Waals surface area (Å²) in [6.45, 7) is 8.77. The third kappa shape index (κ3) is 3.55. The predicted molar refractivity (Wildman–Crippen MR) is 105 cm³/mol. The number of hydrogen-bond acceptors (Lipinski definition) is 6. The molecule has 0 spiro atoms. The summed E-state index contributed by atoms with van der Waals surface area (Å²) >= 11 is 0. The van der Waals surface area contributed by atoms with Gasteiger partial charge in [0.1, 0.15) is 5.82 Å². The van der Waals surface area contributed by atoms with Crippen LogP contribution >= 0.6 is 0 Å². The van der Waals surface area contributed by atoms with Gasteiger partial charge in [0.15, 0.2) is 5.82 Å². The molecule has 0 bridgehead atoms. The number of pyridine rings is 1. The highest BCUT2D eigenvalue weighted by atomic mass is 15.2. The van der Waals surface area contributed by atoms with Crippen LogP contribution in [0.3, 0.4) is 0 Å². The molecule has 0 saturated heterocycles. The van der Waals surface area contributed by atoms with Gasteiger partial charge in [0.05, 0.1) is 23.6 Å². The molecule has 1 aliphatic rings. The summed E-state index contributed by atoms with van der Waals surface area (Å²) in [6.07, 6.45) is 3.56. The van der Waals surface area contributed by atoms with Gasteiger partial charge in [0.2, 0.25) is 0 Å². The molecule has 2 N–H and O–H groups in total. The zero-order valence-electron chi connectivity index (χ0n) is 16.2. The van der Waals surface area contributed by atoms with Crippen LogP contribution in [0.25, 0.3) is 11.4 Å². The van der Waals surface area contributed by atoms with Crippen LogP contribution in [0, 0.1) is 0 Å². The van der Waals surface area contributed by atoms with Crippen LogP contribution in [0.1, 0.15) is 43.4 Å². The predicted octanol–water partition coefficient (Wildman–Crippen LogP) is 2.80. The Morgan fingerprint density at radius 1 is 1.19 bits per heavy atom. The van der Waals surface area contributed by atoms with Crippen molar-refractivity contribution in [3.05, 3.63) is 53.2 Å². The van der Waals surface area contributed by atoms with E-state index < -0.39 is 0 Å². The molecule has 0 aromatic carbocycles. The van der Waals surface area contributed by atoms with E-state index in [1.807, 2.05) is 12.1 Å². The minimum absolute atomic E-state index is 0.0287. The number of nitrogens with zero attached hydrogens (tertiary/aromatic N) is 5. The van der Waals surface area contributed by atoms with Crippen molar-refractivity contribution in [1.29, 1.82) is 0 Å². The molecule has 3 aromatic heterocycles. The Labute approximate surface area is 159 Å². The van der Waals surface area contributed by atoms with Crippen molar-refractivity contribution >= 4 is 5.82 Å². The van der Waals surface area contributed by atoms with Crippen molar-refractivity contribution in [1.82, 2.24) is 30.5 Å².